The van der Waals surface area contributed by atoms with E-state index in [2.05, 4.69) is 44.0 Å². The fourth-order valence-corrected chi connectivity index (χ4v) is 4.07. The van der Waals surface area contributed by atoms with Crippen molar-refractivity contribution in [1.29, 1.82) is 0 Å². The number of amides is 1. The number of carbonyl (C=O) groups excluding carboxylic acids is 1. The summed E-state index contributed by atoms with van der Waals surface area (Å²) in [7, 11) is 1.59. The lowest BCUT2D eigenvalue weighted by Crippen LogP contribution is -2.25. The first-order valence-electron chi connectivity index (χ1n) is 10.2. The Morgan fingerprint density at radius 2 is 1.90 bits per heavy atom. The summed E-state index contributed by atoms with van der Waals surface area (Å²) in [6.45, 7) is 1.33. The second-order valence-electron chi connectivity index (χ2n) is 7.32. The molecule has 158 valence electrons. The van der Waals surface area contributed by atoms with E-state index in [1.54, 1.807) is 19.2 Å². The van der Waals surface area contributed by atoms with Gasteiger partial charge in [-0.15, -0.1) is 0 Å². The number of nitrogens with zero attached hydrogens (tertiary/aromatic N) is 2. The monoisotopic (exact) mass is 477 g/mol. The number of benzene rings is 3. The lowest BCUT2D eigenvalue weighted by atomic mass is 10.2. The Morgan fingerprint density at radius 3 is 2.74 bits per heavy atom. The molecule has 1 N–H and O–H groups in total. The van der Waals surface area contributed by atoms with Crippen molar-refractivity contribution < 1.29 is 9.53 Å². The van der Waals surface area contributed by atoms with Crippen molar-refractivity contribution in [2.45, 2.75) is 19.4 Å². The molecule has 0 radical (unpaired) electrons. The highest BCUT2D eigenvalue weighted by Crippen LogP contribution is 2.20. The van der Waals surface area contributed by atoms with Crippen LogP contribution >= 0.6 is 15.9 Å². The predicted octanol–water partition coefficient (Wildman–Crippen LogP) is 5.22. The van der Waals surface area contributed by atoms with Gasteiger partial charge in [-0.2, -0.15) is 0 Å². The minimum atomic E-state index is -0.0958. The van der Waals surface area contributed by atoms with Crippen molar-refractivity contribution in [2.24, 2.45) is 0 Å². The van der Waals surface area contributed by atoms with Gasteiger partial charge in [0.15, 0.2) is 0 Å². The Kier molecular flexibility index (Phi) is 6.67. The molecule has 0 aliphatic heterocycles. The summed E-state index contributed by atoms with van der Waals surface area (Å²) in [5.41, 5.74) is 3.93. The van der Waals surface area contributed by atoms with Gasteiger partial charge in [0.2, 0.25) is 0 Å². The van der Waals surface area contributed by atoms with Crippen LogP contribution in [0.15, 0.2) is 77.3 Å². The standard InChI is InChI=1S/C25H24BrN3O2/c1-31-21-10-5-8-19(16-21)25(30)27-14-6-13-24-28-22-11-2-3-12-23(22)29(24)17-18-7-4-9-20(26)15-18/h2-5,7-12,15-16H,6,13-14,17H2,1H3,(H,27,30). The molecule has 31 heavy (non-hydrogen) atoms. The highest BCUT2D eigenvalue weighted by molar-refractivity contribution is 9.10. The second-order valence-corrected chi connectivity index (χ2v) is 8.24. The van der Waals surface area contributed by atoms with E-state index in [-0.39, 0.29) is 5.91 Å². The van der Waals surface area contributed by atoms with Gasteiger partial charge in [-0.3, -0.25) is 4.79 Å². The fraction of sp³-hybridized carbons (Fsp3) is 0.200. The number of imidazole rings is 1. The molecule has 0 atom stereocenters. The highest BCUT2D eigenvalue weighted by atomic mass is 79.9. The topological polar surface area (TPSA) is 56.1 Å². The van der Waals surface area contributed by atoms with Gasteiger partial charge in [-0.1, -0.05) is 46.3 Å². The van der Waals surface area contributed by atoms with Crippen LogP contribution in [0.1, 0.15) is 28.2 Å². The molecule has 0 spiro atoms. The summed E-state index contributed by atoms with van der Waals surface area (Å²) in [5, 5.41) is 2.99. The predicted molar refractivity (Wildman–Crippen MR) is 127 cm³/mol. The molecule has 6 heteroatoms. The maximum atomic E-state index is 12.4. The molecular formula is C25H24BrN3O2. The zero-order chi connectivity index (χ0) is 21.6. The number of methoxy groups -OCH3 is 1. The van der Waals surface area contributed by atoms with E-state index < -0.39 is 0 Å². The first-order chi connectivity index (χ1) is 15.1. The number of hydrogen-bond acceptors (Lipinski definition) is 3. The van der Waals surface area contributed by atoms with Crippen LogP contribution in [0.2, 0.25) is 0 Å². The minimum absolute atomic E-state index is 0.0958. The summed E-state index contributed by atoms with van der Waals surface area (Å²) >= 11 is 3.55. The molecule has 5 nitrogen and oxygen atoms in total. The number of rotatable bonds is 8. The number of hydrogen-bond donors (Lipinski definition) is 1. The van der Waals surface area contributed by atoms with Crippen LogP contribution in [-0.2, 0) is 13.0 Å². The van der Waals surface area contributed by atoms with Crippen LogP contribution < -0.4 is 10.1 Å². The third-order valence-corrected chi connectivity index (χ3v) is 5.65. The average Bonchev–Trinajstić information content (AvgIpc) is 3.14. The van der Waals surface area contributed by atoms with Crippen LogP contribution in [0.5, 0.6) is 5.75 Å². The Bertz CT molecular complexity index is 1200. The van der Waals surface area contributed by atoms with Crippen LogP contribution in [0, 0.1) is 0 Å². The number of fused-ring (bicyclic) bond motifs is 1. The van der Waals surface area contributed by atoms with E-state index in [0.29, 0.717) is 17.9 Å². The fourth-order valence-electron chi connectivity index (χ4n) is 3.63. The zero-order valence-electron chi connectivity index (χ0n) is 17.3. The summed E-state index contributed by atoms with van der Waals surface area (Å²) in [4.78, 5) is 17.3. The molecule has 0 aliphatic rings. The second kappa shape index (κ2) is 9.79. The smallest absolute Gasteiger partial charge is 0.251 e. The number of ether oxygens (including phenoxy) is 1. The van der Waals surface area contributed by atoms with Crippen LogP contribution in [-0.4, -0.2) is 29.1 Å². The number of nitrogens with one attached hydrogen (secondary N) is 1. The van der Waals surface area contributed by atoms with Crippen LogP contribution in [0.3, 0.4) is 0 Å². The quantitative estimate of drug-likeness (QED) is 0.354. The van der Waals surface area contributed by atoms with Crippen molar-refractivity contribution in [3.8, 4) is 5.75 Å². The van der Waals surface area contributed by atoms with Gasteiger partial charge in [0, 0.05) is 29.5 Å². The summed E-state index contributed by atoms with van der Waals surface area (Å²) in [6, 6.07) is 23.7. The Balaban J connectivity index is 1.44. The maximum Gasteiger partial charge on any atom is 0.251 e. The summed E-state index contributed by atoms with van der Waals surface area (Å²) < 4.78 is 8.52. The molecule has 3 aromatic carbocycles. The van der Waals surface area contributed by atoms with Gasteiger partial charge in [0.1, 0.15) is 11.6 Å². The number of carbonyl (C=O) groups is 1. The van der Waals surface area contributed by atoms with Crippen molar-refractivity contribution >= 4 is 32.9 Å². The minimum Gasteiger partial charge on any atom is -0.497 e. The van der Waals surface area contributed by atoms with E-state index in [1.165, 1.54) is 5.56 Å². The summed E-state index contributed by atoms with van der Waals surface area (Å²) in [5.74, 6) is 1.60. The molecule has 4 aromatic rings. The number of aromatic nitrogens is 2. The van der Waals surface area contributed by atoms with Gasteiger partial charge >= 0.3 is 0 Å². The molecule has 0 unspecified atom stereocenters. The SMILES string of the molecule is COc1cccc(C(=O)NCCCc2nc3ccccc3n2Cc2cccc(Br)c2)c1. The van der Waals surface area contributed by atoms with Crippen molar-refractivity contribution in [3.63, 3.8) is 0 Å². The number of halogens is 1. The van der Waals surface area contributed by atoms with Crippen molar-refractivity contribution in [3.05, 3.63) is 94.2 Å². The zero-order valence-corrected chi connectivity index (χ0v) is 18.9. The van der Waals surface area contributed by atoms with Gasteiger partial charge in [0.05, 0.1) is 18.1 Å². The molecule has 0 bridgehead atoms. The van der Waals surface area contributed by atoms with Crippen LogP contribution in [0.4, 0.5) is 0 Å². The van der Waals surface area contributed by atoms with E-state index in [1.807, 2.05) is 42.5 Å². The molecular weight excluding hydrogens is 454 g/mol. The van der Waals surface area contributed by atoms with Crippen LogP contribution in [0.25, 0.3) is 11.0 Å². The van der Waals surface area contributed by atoms with E-state index in [0.717, 1.165) is 40.7 Å². The Morgan fingerprint density at radius 1 is 1.06 bits per heavy atom. The first-order valence-corrected chi connectivity index (χ1v) is 11.0. The molecule has 0 aliphatic carbocycles. The largest absolute Gasteiger partial charge is 0.497 e. The third kappa shape index (κ3) is 5.14. The Hall–Kier alpha value is -3.12. The van der Waals surface area contributed by atoms with E-state index in [4.69, 9.17) is 9.72 Å². The van der Waals surface area contributed by atoms with Gasteiger partial charge in [-0.25, -0.2) is 4.98 Å². The summed E-state index contributed by atoms with van der Waals surface area (Å²) in [6.07, 6.45) is 1.58. The third-order valence-electron chi connectivity index (χ3n) is 5.16. The molecule has 0 saturated heterocycles. The molecule has 1 amide bonds. The molecule has 0 saturated carbocycles. The number of para-hydroxylation sites is 2. The molecule has 0 fully saturated rings. The van der Waals surface area contributed by atoms with E-state index in [9.17, 15) is 4.79 Å². The maximum absolute atomic E-state index is 12.4. The molecule has 1 heterocycles. The number of aryl methyl sites for hydroxylation is 1. The highest BCUT2D eigenvalue weighted by Gasteiger charge is 2.12. The normalized spacial score (nSPS) is 10.9. The Labute approximate surface area is 190 Å². The van der Waals surface area contributed by atoms with Crippen molar-refractivity contribution in [2.75, 3.05) is 13.7 Å². The van der Waals surface area contributed by atoms with Gasteiger partial charge in [-0.05, 0) is 54.4 Å². The van der Waals surface area contributed by atoms with E-state index >= 15 is 0 Å². The van der Waals surface area contributed by atoms with Gasteiger partial charge in [0.25, 0.3) is 5.91 Å². The first kappa shape index (κ1) is 21.1. The average molecular weight is 478 g/mol. The van der Waals surface area contributed by atoms with Crippen molar-refractivity contribution in [1.82, 2.24) is 14.9 Å². The van der Waals surface area contributed by atoms with Gasteiger partial charge < -0.3 is 14.6 Å². The lowest BCUT2D eigenvalue weighted by Gasteiger charge is -2.11. The molecule has 1 aromatic heterocycles. The molecule has 4 rings (SSSR count). The lowest BCUT2D eigenvalue weighted by molar-refractivity contribution is 0.0953.